The van der Waals surface area contributed by atoms with Crippen molar-refractivity contribution in [3.63, 3.8) is 0 Å². The first-order valence-corrected chi connectivity index (χ1v) is 8.90. The third-order valence-corrected chi connectivity index (χ3v) is 4.20. The Bertz CT molecular complexity index is 542. The van der Waals surface area contributed by atoms with E-state index in [4.69, 9.17) is 25.8 Å². The van der Waals surface area contributed by atoms with Crippen LogP contribution in [0.4, 0.5) is 0 Å². The van der Waals surface area contributed by atoms with E-state index in [1.54, 1.807) is 0 Å². The first-order valence-electron chi connectivity index (χ1n) is 8.36. The van der Waals surface area contributed by atoms with Crippen LogP contribution in [0.1, 0.15) is 46.1 Å². The van der Waals surface area contributed by atoms with Gasteiger partial charge in [0.25, 0.3) is 0 Å². The minimum absolute atomic E-state index is 0.106. The Balaban J connectivity index is 1.89. The first kappa shape index (κ1) is 19.2. The summed E-state index contributed by atoms with van der Waals surface area (Å²) in [6.45, 7) is 7.52. The lowest BCUT2D eigenvalue weighted by Gasteiger charge is -2.40. The van der Waals surface area contributed by atoms with Gasteiger partial charge in [-0.25, -0.2) is 0 Å². The molecule has 1 saturated heterocycles. The summed E-state index contributed by atoms with van der Waals surface area (Å²) in [5, 5.41) is 0. The minimum Gasteiger partial charge on any atom is -0.459 e. The normalized spacial score (nSPS) is 23.7. The second-order valence-electron chi connectivity index (χ2n) is 7.37. The molecule has 24 heavy (non-hydrogen) atoms. The van der Waals surface area contributed by atoms with E-state index >= 15 is 0 Å². The van der Waals surface area contributed by atoms with Crippen LogP contribution in [-0.2, 0) is 25.4 Å². The van der Waals surface area contributed by atoms with Crippen molar-refractivity contribution in [1.82, 2.24) is 0 Å². The predicted molar refractivity (Wildman–Crippen MR) is 94.1 cm³/mol. The molecule has 1 aliphatic rings. The molecule has 0 aliphatic carbocycles. The molecular weight excluding hydrogens is 328 g/mol. The van der Waals surface area contributed by atoms with Crippen molar-refractivity contribution in [1.29, 1.82) is 0 Å². The monoisotopic (exact) mass is 354 g/mol. The zero-order chi connectivity index (χ0) is 17.8. The summed E-state index contributed by atoms with van der Waals surface area (Å²) in [7, 11) is 0. The van der Waals surface area contributed by atoms with Gasteiger partial charge in [0.2, 0.25) is 0 Å². The summed E-state index contributed by atoms with van der Waals surface area (Å²) in [5.74, 6) is -0.605. The zero-order valence-corrected chi connectivity index (χ0v) is 15.6. The number of hydrogen-bond acceptors (Lipinski definition) is 4. The van der Waals surface area contributed by atoms with E-state index in [-0.39, 0.29) is 24.6 Å². The lowest BCUT2D eigenvalue weighted by atomic mass is 9.98. The van der Waals surface area contributed by atoms with E-state index in [2.05, 4.69) is 0 Å². The van der Waals surface area contributed by atoms with Crippen molar-refractivity contribution in [2.75, 3.05) is 5.88 Å². The number of ether oxygens (including phenoxy) is 3. The predicted octanol–water partition coefficient (Wildman–Crippen LogP) is 4.09. The molecule has 0 bridgehead atoms. The van der Waals surface area contributed by atoms with Crippen LogP contribution in [0.15, 0.2) is 30.3 Å². The Labute approximate surface area is 149 Å². The van der Waals surface area contributed by atoms with Crippen molar-refractivity contribution in [2.24, 2.45) is 0 Å². The van der Waals surface area contributed by atoms with Gasteiger partial charge in [0.05, 0.1) is 18.6 Å². The van der Waals surface area contributed by atoms with Crippen LogP contribution in [0.5, 0.6) is 0 Å². The summed E-state index contributed by atoms with van der Waals surface area (Å²) in [4.78, 5) is 12.3. The molecule has 1 aromatic rings. The molecule has 0 saturated carbocycles. The van der Waals surface area contributed by atoms with Gasteiger partial charge in [-0.3, -0.25) is 4.79 Å². The van der Waals surface area contributed by atoms with Crippen LogP contribution in [0.25, 0.3) is 0 Å². The van der Waals surface area contributed by atoms with Gasteiger partial charge in [-0.05, 0) is 33.3 Å². The molecule has 4 nitrogen and oxygen atoms in total. The molecule has 2 rings (SSSR count). The quantitative estimate of drug-likeness (QED) is 0.570. The molecule has 0 unspecified atom stereocenters. The fourth-order valence-corrected chi connectivity index (χ4v) is 3.29. The Hall–Kier alpha value is -1.10. The topological polar surface area (TPSA) is 44.8 Å². The highest BCUT2D eigenvalue weighted by atomic mass is 35.5. The summed E-state index contributed by atoms with van der Waals surface area (Å²) in [5.41, 5.74) is 0.575. The number of hydrogen-bond donors (Lipinski definition) is 0. The highest BCUT2D eigenvalue weighted by Gasteiger charge is 2.37. The number of carbonyl (C=O) groups excluding carboxylic acids is 1. The Morgan fingerprint density at radius 1 is 1.25 bits per heavy atom. The SMILES string of the molecule is CC(C)(Cc1ccccc1)OC(=O)C[C@H]1C[C@@H](CCl)OC(C)(C)O1. The third-order valence-electron chi connectivity index (χ3n) is 3.86. The van der Waals surface area contributed by atoms with Gasteiger partial charge in [0.1, 0.15) is 5.60 Å². The van der Waals surface area contributed by atoms with Crippen LogP contribution >= 0.6 is 11.6 Å². The second kappa shape index (κ2) is 7.85. The van der Waals surface area contributed by atoms with Crippen LogP contribution in [0.3, 0.4) is 0 Å². The maximum Gasteiger partial charge on any atom is 0.308 e. The molecule has 0 spiro atoms. The van der Waals surface area contributed by atoms with Crippen LogP contribution in [0.2, 0.25) is 0 Å². The highest BCUT2D eigenvalue weighted by Crippen LogP contribution is 2.29. The largest absolute Gasteiger partial charge is 0.459 e. The van der Waals surface area contributed by atoms with Crippen LogP contribution in [0, 0.1) is 0 Å². The number of halogens is 1. The molecule has 1 heterocycles. The molecule has 134 valence electrons. The van der Waals surface area contributed by atoms with Crippen molar-refractivity contribution in [3.8, 4) is 0 Å². The molecular formula is C19H27ClO4. The van der Waals surface area contributed by atoms with E-state index in [0.29, 0.717) is 18.7 Å². The first-order chi connectivity index (χ1) is 11.2. The van der Waals surface area contributed by atoms with Gasteiger partial charge in [-0.15, -0.1) is 11.6 Å². The van der Waals surface area contributed by atoms with E-state index < -0.39 is 11.4 Å². The average Bonchev–Trinajstić information content (AvgIpc) is 2.45. The molecule has 0 amide bonds. The lowest BCUT2D eigenvalue weighted by Crippen LogP contribution is -2.46. The van der Waals surface area contributed by atoms with Crippen LogP contribution in [-0.4, -0.2) is 35.4 Å². The number of rotatable bonds is 6. The van der Waals surface area contributed by atoms with Gasteiger partial charge in [0, 0.05) is 18.7 Å². The van der Waals surface area contributed by atoms with Crippen molar-refractivity contribution in [3.05, 3.63) is 35.9 Å². The fraction of sp³-hybridized carbons (Fsp3) is 0.632. The zero-order valence-electron chi connectivity index (χ0n) is 14.9. The van der Waals surface area contributed by atoms with Crippen LogP contribution < -0.4 is 0 Å². The van der Waals surface area contributed by atoms with Gasteiger partial charge in [0.15, 0.2) is 5.79 Å². The minimum atomic E-state index is -0.734. The molecule has 2 atom stereocenters. The molecule has 0 aromatic heterocycles. The van der Waals surface area contributed by atoms with Crippen molar-refractivity contribution < 1.29 is 19.0 Å². The molecule has 1 fully saturated rings. The van der Waals surface area contributed by atoms with Crippen molar-refractivity contribution >= 4 is 17.6 Å². The number of carbonyl (C=O) groups is 1. The Kier molecular flexibility index (Phi) is 6.29. The van der Waals surface area contributed by atoms with Gasteiger partial charge < -0.3 is 14.2 Å². The Morgan fingerprint density at radius 2 is 1.88 bits per heavy atom. The molecule has 0 radical (unpaired) electrons. The molecule has 5 heteroatoms. The third kappa shape index (κ3) is 6.08. The average molecular weight is 355 g/mol. The number of esters is 1. The Morgan fingerprint density at radius 3 is 2.50 bits per heavy atom. The molecule has 0 N–H and O–H groups in total. The smallest absolute Gasteiger partial charge is 0.308 e. The van der Waals surface area contributed by atoms with Crippen molar-refractivity contribution in [2.45, 2.75) is 70.6 Å². The second-order valence-corrected chi connectivity index (χ2v) is 7.68. The van der Waals surface area contributed by atoms with Gasteiger partial charge in [-0.2, -0.15) is 0 Å². The summed E-state index contributed by atoms with van der Waals surface area (Å²) < 4.78 is 17.2. The molecule has 1 aromatic carbocycles. The summed E-state index contributed by atoms with van der Waals surface area (Å²) >= 11 is 5.91. The number of alkyl halides is 1. The van der Waals surface area contributed by atoms with E-state index in [1.807, 2.05) is 58.0 Å². The summed E-state index contributed by atoms with van der Waals surface area (Å²) in [6, 6.07) is 10.0. The maximum atomic E-state index is 12.3. The summed E-state index contributed by atoms with van der Waals surface area (Å²) in [6.07, 6.45) is 1.13. The lowest BCUT2D eigenvalue weighted by molar-refractivity contribution is -0.295. The van der Waals surface area contributed by atoms with E-state index in [9.17, 15) is 4.79 Å². The van der Waals surface area contributed by atoms with E-state index in [0.717, 1.165) is 5.56 Å². The highest BCUT2D eigenvalue weighted by molar-refractivity contribution is 6.18. The standard InChI is InChI=1S/C19H27ClO4/c1-18(2,12-14-8-6-5-7-9-14)24-17(21)11-15-10-16(13-20)23-19(3,4)22-15/h5-9,15-16H,10-13H2,1-4H3/t15-,16+/m1/s1. The van der Waals surface area contributed by atoms with Gasteiger partial charge in [-0.1, -0.05) is 30.3 Å². The van der Waals surface area contributed by atoms with Gasteiger partial charge >= 0.3 is 5.97 Å². The molecule has 1 aliphatic heterocycles. The number of benzene rings is 1. The maximum absolute atomic E-state index is 12.3. The van der Waals surface area contributed by atoms with E-state index in [1.165, 1.54) is 0 Å². The fourth-order valence-electron chi connectivity index (χ4n) is 3.10.